The van der Waals surface area contributed by atoms with Crippen molar-refractivity contribution in [2.45, 2.75) is 20.3 Å². The number of amides is 1. The molecule has 0 radical (unpaired) electrons. The molecule has 0 aromatic heterocycles. The fraction of sp³-hybridized carbons (Fsp3) is 0.278. The number of para-hydroxylation sites is 2. The summed E-state index contributed by atoms with van der Waals surface area (Å²) in [4.78, 5) is 12.1. The van der Waals surface area contributed by atoms with Gasteiger partial charge in [0.25, 0.3) is 0 Å². The highest BCUT2D eigenvalue weighted by atomic mass is 35.5. The van der Waals surface area contributed by atoms with E-state index in [9.17, 15) is 4.79 Å². The summed E-state index contributed by atoms with van der Waals surface area (Å²) in [5.41, 5.74) is 2.73. The molecule has 0 aliphatic carbocycles. The number of anilines is 2. The molecule has 0 heterocycles. The molecule has 0 saturated carbocycles. The van der Waals surface area contributed by atoms with Crippen LogP contribution in [0.5, 0.6) is 5.75 Å². The molecular formula is C18H21ClN2O2. The molecule has 2 rings (SSSR count). The Bertz CT molecular complexity index is 674. The molecule has 23 heavy (non-hydrogen) atoms. The van der Waals surface area contributed by atoms with Gasteiger partial charge in [-0.25, -0.2) is 0 Å². The summed E-state index contributed by atoms with van der Waals surface area (Å²) in [5, 5.41) is 6.83. The summed E-state index contributed by atoms with van der Waals surface area (Å²) in [7, 11) is 0. The van der Waals surface area contributed by atoms with Crippen molar-refractivity contribution in [3.05, 3.63) is 53.1 Å². The fourth-order valence-electron chi connectivity index (χ4n) is 2.20. The van der Waals surface area contributed by atoms with Crippen LogP contribution < -0.4 is 15.4 Å². The molecule has 0 aliphatic rings. The Balaban J connectivity index is 1.86. The minimum absolute atomic E-state index is 0.0590. The molecule has 2 N–H and O–H groups in total. The smallest absolute Gasteiger partial charge is 0.226 e. The lowest BCUT2D eigenvalue weighted by molar-refractivity contribution is -0.116. The van der Waals surface area contributed by atoms with E-state index in [0.717, 1.165) is 11.3 Å². The Labute approximate surface area is 141 Å². The molecule has 5 heteroatoms. The van der Waals surface area contributed by atoms with E-state index in [1.54, 1.807) is 0 Å². The van der Waals surface area contributed by atoms with Gasteiger partial charge in [0, 0.05) is 23.7 Å². The SMILES string of the molecule is CCOc1ccccc1NC(=O)CCNc1ccc(Cl)cc1C. The number of halogens is 1. The molecule has 0 aliphatic heterocycles. The molecule has 122 valence electrons. The Morgan fingerprint density at radius 3 is 2.70 bits per heavy atom. The average Bonchev–Trinajstić information content (AvgIpc) is 2.52. The van der Waals surface area contributed by atoms with Gasteiger partial charge in [-0.15, -0.1) is 0 Å². The summed E-state index contributed by atoms with van der Waals surface area (Å²) < 4.78 is 5.50. The van der Waals surface area contributed by atoms with Crippen molar-refractivity contribution in [2.24, 2.45) is 0 Å². The largest absolute Gasteiger partial charge is 0.492 e. The van der Waals surface area contributed by atoms with E-state index in [-0.39, 0.29) is 5.91 Å². The van der Waals surface area contributed by atoms with Crippen LogP contribution in [0, 0.1) is 6.92 Å². The summed E-state index contributed by atoms with van der Waals surface area (Å²) in [6, 6.07) is 13.1. The molecule has 0 fully saturated rings. The minimum atomic E-state index is -0.0590. The zero-order valence-electron chi connectivity index (χ0n) is 13.4. The first kappa shape index (κ1) is 17.2. The first-order valence-corrected chi connectivity index (χ1v) is 7.99. The van der Waals surface area contributed by atoms with Crippen molar-refractivity contribution >= 4 is 28.9 Å². The van der Waals surface area contributed by atoms with Crippen LogP contribution in [0.1, 0.15) is 18.9 Å². The van der Waals surface area contributed by atoms with E-state index in [0.29, 0.717) is 36.0 Å². The first-order chi connectivity index (χ1) is 11.1. The number of hydrogen-bond donors (Lipinski definition) is 2. The molecule has 0 saturated heterocycles. The summed E-state index contributed by atoms with van der Waals surface area (Å²) in [6.45, 7) is 5.00. The number of carbonyl (C=O) groups is 1. The van der Waals surface area contributed by atoms with Gasteiger partial charge in [0.1, 0.15) is 5.75 Å². The van der Waals surface area contributed by atoms with Crippen LogP contribution in [-0.2, 0) is 4.79 Å². The average molecular weight is 333 g/mol. The molecule has 1 amide bonds. The van der Waals surface area contributed by atoms with Gasteiger partial charge >= 0.3 is 0 Å². The maximum Gasteiger partial charge on any atom is 0.226 e. The zero-order chi connectivity index (χ0) is 16.7. The summed E-state index contributed by atoms with van der Waals surface area (Å²) in [6.07, 6.45) is 0.364. The number of hydrogen-bond acceptors (Lipinski definition) is 3. The van der Waals surface area contributed by atoms with E-state index >= 15 is 0 Å². The predicted molar refractivity (Wildman–Crippen MR) is 95.5 cm³/mol. The highest BCUT2D eigenvalue weighted by Crippen LogP contribution is 2.24. The maximum atomic E-state index is 12.1. The lowest BCUT2D eigenvalue weighted by Gasteiger charge is -2.12. The number of carbonyl (C=O) groups excluding carboxylic acids is 1. The molecule has 0 bridgehead atoms. The molecule has 0 atom stereocenters. The second-order valence-electron chi connectivity index (χ2n) is 5.11. The maximum absolute atomic E-state index is 12.1. The van der Waals surface area contributed by atoms with Crippen LogP contribution in [0.25, 0.3) is 0 Å². The minimum Gasteiger partial charge on any atom is -0.492 e. The Hall–Kier alpha value is -2.20. The van der Waals surface area contributed by atoms with Crippen molar-refractivity contribution in [1.29, 1.82) is 0 Å². The second-order valence-corrected chi connectivity index (χ2v) is 5.55. The highest BCUT2D eigenvalue weighted by Gasteiger charge is 2.07. The standard InChI is InChI=1S/C18H21ClN2O2/c1-3-23-17-7-5-4-6-16(17)21-18(22)10-11-20-15-9-8-14(19)12-13(15)2/h4-9,12,20H,3,10-11H2,1-2H3,(H,21,22). The van der Waals surface area contributed by atoms with Crippen molar-refractivity contribution in [2.75, 3.05) is 23.8 Å². The first-order valence-electron chi connectivity index (χ1n) is 7.62. The van der Waals surface area contributed by atoms with Gasteiger partial charge in [-0.2, -0.15) is 0 Å². The lowest BCUT2D eigenvalue weighted by atomic mass is 10.2. The van der Waals surface area contributed by atoms with E-state index in [4.69, 9.17) is 16.3 Å². The number of aryl methyl sites for hydroxylation is 1. The molecule has 2 aromatic rings. The Morgan fingerprint density at radius 2 is 1.96 bits per heavy atom. The Kier molecular flexibility index (Phi) is 6.29. The quantitative estimate of drug-likeness (QED) is 0.785. The molecule has 2 aromatic carbocycles. The van der Waals surface area contributed by atoms with Crippen LogP contribution in [0.2, 0.25) is 5.02 Å². The lowest BCUT2D eigenvalue weighted by Crippen LogP contribution is -2.17. The van der Waals surface area contributed by atoms with Crippen LogP contribution in [-0.4, -0.2) is 19.1 Å². The van der Waals surface area contributed by atoms with Gasteiger partial charge < -0.3 is 15.4 Å². The zero-order valence-corrected chi connectivity index (χ0v) is 14.1. The highest BCUT2D eigenvalue weighted by molar-refractivity contribution is 6.30. The van der Waals surface area contributed by atoms with Crippen LogP contribution in [0.4, 0.5) is 11.4 Å². The number of benzene rings is 2. The van der Waals surface area contributed by atoms with E-state index in [1.165, 1.54) is 0 Å². The van der Waals surface area contributed by atoms with Crippen molar-refractivity contribution < 1.29 is 9.53 Å². The van der Waals surface area contributed by atoms with Gasteiger partial charge in [0.15, 0.2) is 0 Å². The number of nitrogens with one attached hydrogen (secondary N) is 2. The van der Waals surface area contributed by atoms with E-state index in [1.807, 2.05) is 56.3 Å². The van der Waals surface area contributed by atoms with Crippen molar-refractivity contribution in [3.8, 4) is 5.75 Å². The molecular weight excluding hydrogens is 312 g/mol. The third-order valence-corrected chi connectivity index (χ3v) is 3.55. The number of ether oxygens (including phenoxy) is 1. The molecule has 0 unspecified atom stereocenters. The van der Waals surface area contributed by atoms with Gasteiger partial charge in [-0.1, -0.05) is 23.7 Å². The van der Waals surface area contributed by atoms with E-state index in [2.05, 4.69) is 10.6 Å². The van der Waals surface area contributed by atoms with Gasteiger partial charge in [0.05, 0.1) is 12.3 Å². The van der Waals surface area contributed by atoms with Crippen molar-refractivity contribution in [1.82, 2.24) is 0 Å². The van der Waals surface area contributed by atoms with Crippen LogP contribution in [0.15, 0.2) is 42.5 Å². The fourth-order valence-corrected chi connectivity index (χ4v) is 2.43. The summed E-state index contributed by atoms with van der Waals surface area (Å²) >= 11 is 5.93. The van der Waals surface area contributed by atoms with Crippen LogP contribution in [0.3, 0.4) is 0 Å². The predicted octanol–water partition coefficient (Wildman–Crippen LogP) is 4.49. The van der Waals surface area contributed by atoms with E-state index < -0.39 is 0 Å². The summed E-state index contributed by atoms with van der Waals surface area (Å²) in [5.74, 6) is 0.626. The van der Waals surface area contributed by atoms with Crippen LogP contribution >= 0.6 is 11.6 Å². The molecule has 0 spiro atoms. The van der Waals surface area contributed by atoms with Crippen molar-refractivity contribution in [3.63, 3.8) is 0 Å². The Morgan fingerprint density at radius 1 is 1.17 bits per heavy atom. The second kappa shape index (κ2) is 8.44. The monoisotopic (exact) mass is 332 g/mol. The number of rotatable bonds is 7. The molecule has 4 nitrogen and oxygen atoms in total. The van der Waals surface area contributed by atoms with Gasteiger partial charge in [-0.3, -0.25) is 4.79 Å². The van der Waals surface area contributed by atoms with Gasteiger partial charge in [-0.05, 0) is 49.7 Å². The normalized spacial score (nSPS) is 10.2. The van der Waals surface area contributed by atoms with Gasteiger partial charge in [0.2, 0.25) is 5.91 Å². The topological polar surface area (TPSA) is 50.4 Å². The third kappa shape index (κ3) is 5.18. The third-order valence-electron chi connectivity index (χ3n) is 3.32.